The Balaban J connectivity index is 1.94. The minimum Gasteiger partial charge on any atom is -0.469 e. The zero-order valence-corrected chi connectivity index (χ0v) is 10.7. The second-order valence-corrected chi connectivity index (χ2v) is 5.51. The van der Waals surface area contributed by atoms with Crippen molar-refractivity contribution in [3.63, 3.8) is 0 Å². The van der Waals surface area contributed by atoms with E-state index in [-0.39, 0.29) is 10.7 Å². The lowest BCUT2D eigenvalue weighted by atomic mass is 9.97. The Kier molecular flexibility index (Phi) is 4.07. The fourth-order valence-electron chi connectivity index (χ4n) is 1.79. The van der Waals surface area contributed by atoms with Gasteiger partial charge in [-0.1, -0.05) is 30.3 Å². The first kappa shape index (κ1) is 12.5. The van der Waals surface area contributed by atoms with Crippen molar-refractivity contribution >= 4 is 17.7 Å². The zero-order chi connectivity index (χ0) is 12.1. The molecule has 0 N–H and O–H groups in total. The number of methoxy groups -OCH3 is 1. The summed E-state index contributed by atoms with van der Waals surface area (Å²) in [5.74, 6) is 0.617. The number of carbonyl (C=O) groups is 1. The SMILES string of the molecule is COC(=O)CCSC1(c2ccccc2)COC1. The highest BCUT2D eigenvalue weighted by atomic mass is 32.2. The molecule has 1 saturated heterocycles. The van der Waals surface area contributed by atoms with E-state index in [1.54, 1.807) is 11.8 Å². The molecule has 1 heterocycles. The van der Waals surface area contributed by atoms with Crippen molar-refractivity contribution in [3.8, 4) is 0 Å². The van der Waals surface area contributed by atoms with Gasteiger partial charge < -0.3 is 9.47 Å². The van der Waals surface area contributed by atoms with Gasteiger partial charge in [0, 0.05) is 5.75 Å². The van der Waals surface area contributed by atoms with Crippen LogP contribution in [0.4, 0.5) is 0 Å². The smallest absolute Gasteiger partial charge is 0.306 e. The molecule has 2 rings (SSSR count). The molecule has 0 unspecified atom stereocenters. The Morgan fingerprint density at radius 1 is 1.41 bits per heavy atom. The van der Waals surface area contributed by atoms with Gasteiger partial charge in [0.15, 0.2) is 0 Å². The number of ether oxygens (including phenoxy) is 2. The second-order valence-electron chi connectivity index (χ2n) is 4.03. The average molecular weight is 252 g/mol. The molecule has 92 valence electrons. The summed E-state index contributed by atoms with van der Waals surface area (Å²) in [5.41, 5.74) is 1.28. The molecule has 0 saturated carbocycles. The van der Waals surface area contributed by atoms with Crippen LogP contribution in [0.25, 0.3) is 0 Å². The molecule has 3 nitrogen and oxygen atoms in total. The number of benzene rings is 1. The summed E-state index contributed by atoms with van der Waals surface area (Å²) in [6.45, 7) is 1.45. The predicted octanol–water partition coefficient (Wildman–Crippen LogP) is 2.21. The minimum atomic E-state index is -0.152. The summed E-state index contributed by atoms with van der Waals surface area (Å²) in [7, 11) is 1.42. The molecule has 0 spiro atoms. The molecule has 1 aliphatic heterocycles. The number of thioether (sulfide) groups is 1. The van der Waals surface area contributed by atoms with E-state index < -0.39 is 0 Å². The molecule has 4 heteroatoms. The zero-order valence-electron chi connectivity index (χ0n) is 9.85. The largest absolute Gasteiger partial charge is 0.469 e. The quantitative estimate of drug-likeness (QED) is 0.753. The van der Waals surface area contributed by atoms with E-state index >= 15 is 0 Å². The first-order chi connectivity index (χ1) is 8.27. The number of hydrogen-bond donors (Lipinski definition) is 0. The van der Waals surface area contributed by atoms with Crippen LogP contribution in [0.3, 0.4) is 0 Å². The van der Waals surface area contributed by atoms with Crippen molar-refractivity contribution in [2.24, 2.45) is 0 Å². The van der Waals surface area contributed by atoms with Gasteiger partial charge in [0.2, 0.25) is 0 Å². The van der Waals surface area contributed by atoms with E-state index in [0.29, 0.717) is 6.42 Å². The van der Waals surface area contributed by atoms with E-state index in [2.05, 4.69) is 16.9 Å². The van der Waals surface area contributed by atoms with Crippen molar-refractivity contribution in [2.45, 2.75) is 11.2 Å². The highest BCUT2D eigenvalue weighted by Crippen LogP contribution is 2.43. The maximum absolute atomic E-state index is 11.1. The van der Waals surface area contributed by atoms with Crippen molar-refractivity contribution in [2.75, 3.05) is 26.1 Å². The topological polar surface area (TPSA) is 35.5 Å². The van der Waals surface area contributed by atoms with Crippen molar-refractivity contribution in [1.29, 1.82) is 0 Å². The number of hydrogen-bond acceptors (Lipinski definition) is 4. The van der Waals surface area contributed by atoms with E-state index in [9.17, 15) is 4.79 Å². The molecule has 0 aromatic heterocycles. The molecule has 1 aliphatic rings. The van der Waals surface area contributed by atoms with Crippen molar-refractivity contribution in [1.82, 2.24) is 0 Å². The number of carbonyl (C=O) groups excluding carboxylic acids is 1. The van der Waals surface area contributed by atoms with Gasteiger partial charge in [-0.2, -0.15) is 0 Å². The fourth-order valence-corrected chi connectivity index (χ4v) is 3.09. The third kappa shape index (κ3) is 2.82. The Morgan fingerprint density at radius 3 is 2.65 bits per heavy atom. The van der Waals surface area contributed by atoms with Crippen LogP contribution >= 0.6 is 11.8 Å². The summed E-state index contributed by atoms with van der Waals surface area (Å²) in [6.07, 6.45) is 0.454. The van der Waals surface area contributed by atoms with Gasteiger partial charge in [0.25, 0.3) is 0 Å². The minimum absolute atomic E-state index is 0.0370. The predicted molar refractivity (Wildman–Crippen MR) is 68.0 cm³/mol. The Morgan fingerprint density at radius 2 is 2.12 bits per heavy atom. The molecule has 0 aliphatic carbocycles. The normalized spacial score (nSPS) is 17.2. The Bertz CT molecular complexity index is 374. The van der Waals surface area contributed by atoms with Gasteiger partial charge in [0.1, 0.15) is 0 Å². The van der Waals surface area contributed by atoms with Crippen molar-refractivity contribution in [3.05, 3.63) is 35.9 Å². The molecular weight excluding hydrogens is 236 g/mol. The van der Waals surface area contributed by atoms with Crippen LogP contribution < -0.4 is 0 Å². The molecule has 1 fully saturated rings. The molecule has 0 amide bonds. The Hall–Kier alpha value is -1.00. The lowest BCUT2D eigenvalue weighted by molar-refractivity contribution is -0.140. The lowest BCUT2D eigenvalue weighted by Crippen LogP contribution is -2.44. The van der Waals surface area contributed by atoms with Gasteiger partial charge >= 0.3 is 5.97 Å². The third-order valence-corrected chi connectivity index (χ3v) is 4.31. The maximum atomic E-state index is 11.1. The maximum Gasteiger partial charge on any atom is 0.306 e. The monoisotopic (exact) mass is 252 g/mol. The Labute approximate surface area is 105 Å². The standard InChI is InChI=1S/C13H16O3S/c1-15-12(14)7-8-17-13(9-16-10-13)11-5-3-2-4-6-11/h2-6H,7-10H2,1H3. The van der Waals surface area contributed by atoms with Crippen LogP contribution in [-0.4, -0.2) is 32.0 Å². The summed E-state index contributed by atoms with van der Waals surface area (Å²) in [6, 6.07) is 10.3. The summed E-state index contributed by atoms with van der Waals surface area (Å²) < 4.78 is 10.0. The highest BCUT2D eigenvalue weighted by molar-refractivity contribution is 8.00. The second kappa shape index (κ2) is 5.56. The summed E-state index contributed by atoms with van der Waals surface area (Å²) in [5, 5.41) is 0. The molecule has 0 atom stereocenters. The van der Waals surface area contributed by atoms with Gasteiger partial charge in [-0.3, -0.25) is 4.79 Å². The summed E-state index contributed by atoms with van der Waals surface area (Å²) in [4.78, 5) is 11.1. The lowest BCUT2D eigenvalue weighted by Gasteiger charge is -2.41. The van der Waals surface area contributed by atoms with Crippen LogP contribution in [0.15, 0.2) is 30.3 Å². The highest BCUT2D eigenvalue weighted by Gasteiger charge is 2.40. The first-order valence-electron chi connectivity index (χ1n) is 5.61. The van der Waals surface area contributed by atoms with E-state index in [1.165, 1.54) is 12.7 Å². The fraction of sp³-hybridized carbons (Fsp3) is 0.462. The molecular formula is C13H16O3S. The van der Waals surface area contributed by atoms with Crippen molar-refractivity contribution < 1.29 is 14.3 Å². The van der Waals surface area contributed by atoms with Gasteiger partial charge in [-0.15, -0.1) is 11.8 Å². The number of esters is 1. The summed E-state index contributed by atoms with van der Waals surface area (Å²) >= 11 is 1.78. The molecule has 0 radical (unpaired) electrons. The number of rotatable bonds is 5. The van der Waals surface area contributed by atoms with Crippen LogP contribution in [0.1, 0.15) is 12.0 Å². The van der Waals surface area contributed by atoms with Gasteiger partial charge in [-0.25, -0.2) is 0 Å². The average Bonchev–Trinajstić information content (AvgIpc) is 2.33. The third-order valence-electron chi connectivity index (χ3n) is 2.88. The first-order valence-corrected chi connectivity index (χ1v) is 6.59. The van der Waals surface area contributed by atoms with Crippen LogP contribution in [0.5, 0.6) is 0 Å². The van der Waals surface area contributed by atoms with Gasteiger partial charge in [0.05, 0.1) is 31.5 Å². The van der Waals surface area contributed by atoms with Crippen LogP contribution in [-0.2, 0) is 19.0 Å². The van der Waals surface area contributed by atoms with E-state index in [0.717, 1.165) is 19.0 Å². The van der Waals surface area contributed by atoms with Crippen LogP contribution in [0, 0.1) is 0 Å². The molecule has 1 aromatic carbocycles. The van der Waals surface area contributed by atoms with Gasteiger partial charge in [-0.05, 0) is 5.56 Å². The van der Waals surface area contributed by atoms with Crippen LogP contribution in [0.2, 0.25) is 0 Å². The van der Waals surface area contributed by atoms with E-state index in [4.69, 9.17) is 4.74 Å². The van der Waals surface area contributed by atoms with E-state index in [1.807, 2.05) is 18.2 Å². The molecule has 17 heavy (non-hydrogen) atoms. The molecule has 0 bridgehead atoms. The molecule has 1 aromatic rings.